The first kappa shape index (κ1) is 30.6. The van der Waals surface area contributed by atoms with Crippen molar-refractivity contribution in [3.05, 3.63) is 0 Å². The molecule has 0 radical (unpaired) electrons. The van der Waals surface area contributed by atoms with Gasteiger partial charge in [0, 0.05) is 10.8 Å². The Morgan fingerprint density at radius 3 is 1.50 bits per heavy atom. The molecule has 0 saturated heterocycles. The number of nitrogens with one attached hydrogen (secondary N) is 2. The predicted octanol–water partition coefficient (Wildman–Crippen LogP) is 3.59. The van der Waals surface area contributed by atoms with Gasteiger partial charge in [-0.05, 0) is 25.7 Å². The normalized spacial score (nSPS) is 16.5. The molecule has 1 aliphatic rings. The number of alkyl halides is 3. The van der Waals surface area contributed by atoms with Gasteiger partial charge in [0.1, 0.15) is 0 Å². The molecule has 1 aliphatic carbocycles. The Hall–Kier alpha value is -1.37. The number of sulfonamides is 2. The second kappa shape index (κ2) is 11.2. The average molecular weight is 509 g/mol. The molecule has 0 spiro atoms. The van der Waals surface area contributed by atoms with Crippen molar-refractivity contribution >= 4 is 31.9 Å². The largest absolute Gasteiger partial charge is 0.516 e. The molecule has 2 amide bonds. The summed E-state index contributed by atoms with van der Waals surface area (Å²) in [6.07, 6.45) is 5.18. The van der Waals surface area contributed by atoms with Gasteiger partial charge in [-0.15, -0.1) is 0 Å². The van der Waals surface area contributed by atoms with E-state index in [4.69, 9.17) is 0 Å². The molecular weight excluding hydrogens is 473 g/mol. The summed E-state index contributed by atoms with van der Waals surface area (Å²) >= 11 is 0. The maximum Gasteiger partial charge on any atom is 0.516 e. The topological polar surface area (TPSA) is 126 Å². The third kappa shape index (κ3) is 8.87. The van der Waals surface area contributed by atoms with E-state index in [9.17, 15) is 39.6 Å². The molecule has 13 heteroatoms. The lowest BCUT2D eigenvalue weighted by Crippen LogP contribution is -2.45. The van der Waals surface area contributed by atoms with Crippen LogP contribution in [0.3, 0.4) is 0 Å². The van der Waals surface area contributed by atoms with Gasteiger partial charge < -0.3 is 0 Å². The molecule has 0 atom stereocenters. The number of rotatable bonds is 7. The highest BCUT2D eigenvalue weighted by atomic mass is 32.2. The van der Waals surface area contributed by atoms with E-state index in [0.717, 1.165) is 24.0 Å². The van der Waals surface area contributed by atoms with Crippen molar-refractivity contribution in [3.63, 3.8) is 0 Å². The van der Waals surface area contributed by atoms with Crippen LogP contribution in [0.25, 0.3) is 0 Å². The third-order valence-electron chi connectivity index (χ3n) is 5.75. The van der Waals surface area contributed by atoms with E-state index < -0.39 is 42.3 Å². The molecule has 0 aromatic rings. The van der Waals surface area contributed by atoms with Crippen molar-refractivity contribution in [2.75, 3.05) is 0 Å². The van der Waals surface area contributed by atoms with Gasteiger partial charge in [-0.1, -0.05) is 60.8 Å². The second-order valence-corrected chi connectivity index (χ2v) is 12.7. The Kier molecular flexibility index (Phi) is 10.7. The fourth-order valence-corrected chi connectivity index (χ4v) is 4.66. The molecule has 0 heterocycles. The zero-order valence-corrected chi connectivity index (χ0v) is 21.1. The highest BCUT2D eigenvalue weighted by molar-refractivity contribution is 7.91. The van der Waals surface area contributed by atoms with Crippen LogP contribution in [-0.2, 0) is 29.6 Å². The zero-order chi connectivity index (χ0) is 25.6. The van der Waals surface area contributed by atoms with Crippen LogP contribution in [0.1, 0.15) is 86.5 Å². The minimum Gasteiger partial charge on any atom is -0.273 e. The molecule has 1 fully saturated rings. The summed E-state index contributed by atoms with van der Waals surface area (Å²) in [5.41, 5.74) is -7.24. The fraction of sp³-hybridized carbons (Fsp3) is 0.895. The first-order chi connectivity index (χ1) is 14.2. The number of hydrogen-bond acceptors (Lipinski definition) is 6. The van der Waals surface area contributed by atoms with Gasteiger partial charge in [-0.2, -0.15) is 21.6 Å². The summed E-state index contributed by atoms with van der Waals surface area (Å²) in [7, 11) is -9.07. The number of halogens is 3. The molecule has 0 aromatic heterocycles. The molecule has 190 valence electrons. The molecule has 1 rings (SSSR count). The van der Waals surface area contributed by atoms with E-state index >= 15 is 0 Å². The van der Waals surface area contributed by atoms with E-state index in [1.807, 2.05) is 6.92 Å². The van der Waals surface area contributed by atoms with Crippen LogP contribution in [0.4, 0.5) is 13.2 Å². The third-order valence-corrected chi connectivity index (χ3v) is 8.64. The first-order valence-corrected chi connectivity index (χ1v) is 13.5. The van der Waals surface area contributed by atoms with Crippen LogP contribution in [0.5, 0.6) is 0 Å². The standard InChI is InChI=1S/C12H23NO3S.C7H12F3NO3S/c1-4-12(2,3)11(14)13-17(15,16)10-8-6-5-7-9-10;1-4-6(2,3)5(12)11-15(13,14)7(8,9)10/h10H,4-9H2,1-3H3,(H,13,14);4H2,1-3H3,(H,11,12). The number of carbonyl (C=O) groups excluding carboxylic acids is 2. The lowest BCUT2D eigenvalue weighted by molar-refractivity contribution is -0.128. The van der Waals surface area contributed by atoms with E-state index in [-0.39, 0.29) is 17.6 Å². The Bertz CT molecular complexity index is 860. The molecule has 0 unspecified atom stereocenters. The highest BCUT2D eigenvalue weighted by Gasteiger charge is 2.48. The SMILES string of the molecule is CCC(C)(C)C(=O)NS(=O)(=O)C(F)(F)F.CCC(C)(C)C(=O)NS(=O)(=O)C1CCCCC1. The van der Waals surface area contributed by atoms with Crippen LogP contribution in [0.2, 0.25) is 0 Å². The minimum atomic E-state index is -5.59. The second-order valence-electron chi connectivity index (χ2n) is 9.09. The Balaban J connectivity index is 0.000000607. The predicted molar refractivity (Wildman–Crippen MR) is 115 cm³/mol. The van der Waals surface area contributed by atoms with Gasteiger partial charge in [-0.25, -0.2) is 13.1 Å². The summed E-state index contributed by atoms with van der Waals surface area (Å²) in [5.74, 6) is -1.55. The van der Waals surface area contributed by atoms with E-state index in [2.05, 4.69) is 4.72 Å². The summed E-state index contributed by atoms with van der Waals surface area (Å²) in [6, 6.07) is 0. The Labute approximate surface area is 189 Å². The zero-order valence-electron chi connectivity index (χ0n) is 19.4. The Morgan fingerprint density at radius 2 is 1.16 bits per heavy atom. The monoisotopic (exact) mass is 508 g/mol. The maximum atomic E-state index is 12.0. The van der Waals surface area contributed by atoms with Gasteiger partial charge in [0.2, 0.25) is 21.8 Å². The van der Waals surface area contributed by atoms with Crippen LogP contribution < -0.4 is 9.44 Å². The lowest BCUT2D eigenvalue weighted by atomic mass is 9.90. The van der Waals surface area contributed by atoms with Gasteiger partial charge in [-0.3, -0.25) is 14.3 Å². The number of amides is 2. The maximum absolute atomic E-state index is 12.0. The van der Waals surface area contributed by atoms with Gasteiger partial charge in [0.05, 0.1) is 5.25 Å². The summed E-state index contributed by atoms with van der Waals surface area (Å²) in [6.45, 7) is 9.69. The number of carbonyl (C=O) groups is 2. The summed E-state index contributed by atoms with van der Waals surface area (Å²) in [5, 5.41) is -0.382. The van der Waals surface area contributed by atoms with Gasteiger partial charge in [0.25, 0.3) is 0 Å². The summed E-state index contributed by atoms with van der Waals surface area (Å²) in [4.78, 5) is 23.0. The van der Waals surface area contributed by atoms with Gasteiger partial charge >= 0.3 is 15.5 Å². The van der Waals surface area contributed by atoms with E-state index in [1.54, 1.807) is 20.8 Å². The van der Waals surface area contributed by atoms with Crippen molar-refractivity contribution in [1.29, 1.82) is 0 Å². The molecule has 0 bridgehead atoms. The van der Waals surface area contributed by atoms with E-state index in [1.165, 1.54) is 13.8 Å². The van der Waals surface area contributed by atoms with Crippen molar-refractivity contribution < 1.29 is 39.6 Å². The molecule has 0 aromatic carbocycles. The van der Waals surface area contributed by atoms with Crippen LogP contribution in [0.15, 0.2) is 0 Å². The molecular formula is C19H35F3N2O6S2. The summed E-state index contributed by atoms with van der Waals surface area (Å²) < 4.78 is 84.1. The van der Waals surface area contributed by atoms with E-state index in [0.29, 0.717) is 19.3 Å². The quantitative estimate of drug-likeness (QED) is 0.541. The number of hydrogen-bond donors (Lipinski definition) is 2. The first-order valence-electron chi connectivity index (χ1n) is 10.4. The van der Waals surface area contributed by atoms with Crippen LogP contribution >= 0.6 is 0 Å². The molecule has 32 heavy (non-hydrogen) atoms. The lowest BCUT2D eigenvalue weighted by Gasteiger charge is -2.26. The van der Waals surface area contributed by atoms with Crippen molar-refractivity contribution in [2.45, 2.75) is 97.2 Å². The molecule has 8 nitrogen and oxygen atoms in total. The van der Waals surface area contributed by atoms with Crippen LogP contribution in [0, 0.1) is 10.8 Å². The average Bonchev–Trinajstić information content (AvgIpc) is 2.67. The highest BCUT2D eigenvalue weighted by Crippen LogP contribution is 2.26. The van der Waals surface area contributed by atoms with Crippen molar-refractivity contribution in [2.24, 2.45) is 10.8 Å². The van der Waals surface area contributed by atoms with Crippen molar-refractivity contribution in [1.82, 2.24) is 9.44 Å². The van der Waals surface area contributed by atoms with Gasteiger partial charge in [0.15, 0.2) is 0 Å². The smallest absolute Gasteiger partial charge is 0.273 e. The Morgan fingerprint density at radius 1 is 0.781 bits per heavy atom. The van der Waals surface area contributed by atoms with Crippen molar-refractivity contribution in [3.8, 4) is 0 Å². The van der Waals surface area contributed by atoms with Crippen LogP contribution in [-0.4, -0.2) is 39.4 Å². The molecule has 2 N–H and O–H groups in total. The fourth-order valence-electron chi connectivity index (χ4n) is 2.37. The molecule has 1 saturated carbocycles. The minimum absolute atomic E-state index is 0.228. The molecule has 0 aliphatic heterocycles.